The Hall–Kier alpha value is 1.07. The van der Waals surface area contributed by atoms with Crippen molar-refractivity contribution < 1.29 is 66.4 Å². The zero-order valence-corrected chi connectivity index (χ0v) is 9.75. The van der Waals surface area contributed by atoms with Crippen LogP contribution < -0.4 is 56.5 Å². The summed E-state index contributed by atoms with van der Waals surface area (Å²) in [5.41, 5.74) is 0. The fourth-order valence-electron chi connectivity index (χ4n) is 0.543. The van der Waals surface area contributed by atoms with Gasteiger partial charge in [0.05, 0.1) is 12.1 Å². The third-order valence-corrected chi connectivity index (χ3v) is 0.967. The summed E-state index contributed by atoms with van der Waals surface area (Å²) < 4.78 is 0. The Morgan fingerprint density at radius 2 is 2.00 bits per heavy atom. The summed E-state index contributed by atoms with van der Waals surface area (Å²) in [6.45, 7) is 3.68. The van der Waals surface area contributed by atoms with Crippen LogP contribution in [0.1, 0.15) is 20.3 Å². The number of carbonyl (C=O) groups is 1. The van der Waals surface area contributed by atoms with Crippen molar-refractivity contribution in [3.63, 3.8) is 0 Å². The van der Waals surface area contributed by atoms with E-state index in [-0.39, 0.29) is 63.7 Å². The first-order chi connectivity index (χ1) is 4.04. The van der Waals surface area contributed by atoms with E-state index in [9.17, 15) is 9.90 Å². The molecule has 1 N–H and O–H groups in total. The van der Waals surface area contributed by atoms with Crippen LogP contribution in [0.3, 0.4) is 0 Å². The molecular formula is C6H11KO3. The van der Waals surface area contributed by atoms with Gasteiger partial charge in [-0.05, 0) is 12.3 Å². The monoisotopic (exact) mass is 170 g/mol. The summed E-state index contributed by atoms with van der Waals surface area (Å²) in [6, 6.07) is 0. The normalized spacial score (nSPS) is 12.4. The molecule has 54 valence electrons. The number of carboxylic acid groups (broad SMARTS) is 1. The number of hydrogen-bond acceptors (Lipinski definition) is 3. The fourth-order valence-corrected chi connectivity index (χ4v) is 0.543. The summed E-state index contributed by atoms with van der Waals surface area (Å²) in [7, 11) is 0. The number of aliphatic hydroxyl groups is 1. The molecule has 0 aromatic carbocycles. The third-order valence-electron chi connectivity index (χ3n) is 0.967. The Balaban J connectivity index is 0. The van der Waals surface area contributed by atoms with E-state index in [0.717, 1.165) is 0 Å². The second kappa shape index (κ2) is 6.76. The molecule has 0 radical (unpaired) electrons. The molecule has 0 aromatic rings. The molecule has 4 heteroatoms. The Labute approximate surface area is 103 Å². The predicted octanol–water partition coefficient (Wildman–Crippen LogP) is -3.85. The van der Waals surface area contributed by atoms with Crippen LogP contribution in [0.4, 0.5) is 0 Å². The number of carbonyl (C=O) groups excluding carboxylic acids is 1. The van der Waals surface area contributed by atoms with Crippen LogP contribution in [0.25, 0.3) is 0 Å². The number of rotatable bonds is 3. The molecule has 0 aromatic heterocycles. The van der Waals surface area contributed by atoms with Crippen molar-refractivity contribution in [1.29, 1.82) is 0 Å². The largest absolute Gasteiger partial charge is 1.00 e. The van der Waals surface area contributed by atoms with Crippen molar-refractivity contribution in [2.45, 2.75) is 26.4 Å². The summed E-state index contributed by atoms with van der Waals surface area (Å²) in [5, 5.41) is 18.5. The number of aliphatic carboxylic acids is 1. The maximum Gasteiger partial charge on any atom is 1.00 e. The first-order valence-electron chi connectivity index (χ1n) is 2.93. The van der Waals surface area contributed by atoms with Gasteiger partial charge in [-0.2, -0.15) is 0 Å². The summed E-state index contributed by atoms with van der Waals surface area (Å²) in [4.78, 5) is 9.87. The zero-order valence-electron chi connectivity index (χ0n) is 6.63. The standard InChI is InChI=1S/C6H12O3.K/c1-4(2)3-5(7)6(8)9;/h4-5,7H,3H2,1-2H3,(H,8,9);/q;+1/p-1/t5-;/m0./s1. The van der Waals surface area contributed by atoms with Crippen LogP contribution in [-0.2, 0) is 4.79 Å². The molecule has 0 spiro atoms. The van der Waals surface area contributed by atoms with E-state index >= 15 is 0 Å². The van der Waals surface area contributed by atoms with Gasteiger partial charge in [-0.3, -0.25) is 0 Å². The Kier molecular flexibility index (Phi) is 9.22. The minimum Gasteiger partial charge on any atom is -0.547 e. The number of carboxylic acids is 1. The van der Waals surface area contributed by atoms with E-state index in [2.05, 4.69) is 0 Å². The molecule has 0 aliphatic heterocycles. The Morgan fingerprint density at radius 1 is 1.60 bits per heavy atom. The molecule has 0 unspecified atom stereocenters. The quantitative estimate of drug-likeness (QED) is 0.441. The van der Waals surface area contributed by atoms with Crippen molar-refractivity contribution in [3.05, 3.63) is 0 Å². The maximum atomic E-state index is 9.87. The van der Waals surface area contributed by atoms with Gasteiger partial charge in [0.25, 0.3) is 0 Å². The minimum absolute atomic E-state index is 0. The maximum absolute atomic E-state index is 9.87. The first kappa shape index (κ1) is 13.6. The van der Waals surface area contributed by atoms with Gasteiger partial charge in [-0.1, -0.05) is 13.8 Å². The minimum atomic E-state index is -1.39. The Morgan fingerprint density at radius 3 is 2.10 bits per heavy atom. The molecule has 0 heterocycles. The van der Waals surface area contributed by atoms with Crippen molar-refractivity contribution >= 4 is 5.97 Å². The summed E-state index contributed by atoms with van der Waals surface area (Å²) >= 11 is 0. The van der Waals surface area contributed by atoms with Gasteiger partial charge >= 0.3 is 51.4 Å². The smallest absolute Gasteiger partial charge is 0.547 e. The van der Waals surface area contributed by atoms with Crippen molar-refractivity contribution in [1.82, 2.24) is 0 Å². The Bertz CT molecular complexity index is 103. The van der Waals surface area contributed by atoms with Crippen LogP contribution in [0.15, 0.2) is 0 Å². The van der Waals surface area contributed by atoms with E-state index in [0.29, 0.717) is 0 Å². The first-order valence-corrected chi connectivity index (χ1v) is 2.93. The average Bonchev–Trinajstić information content (AvgIpc) is 1.63. The van der Waals surface area contributed by atoms with Crippen molar-refractivity contribution in [2.24, 2.45) is 5.92 Å². The van der Waals surface area contributed by atoms with Crippen molar-refractivity contribution in [3.8, 4) is 0 Å². The molecule has 0 rings (SSSR count). The number of hydrogen-bond donors (Lipinski definition) is 1. The van der Waals surface area contributed by atoms with Gasteiger partial charge in [0.15, 0.2) is 0 Å². The molecule has 10 heavy (non-hydrogen) atoms. The van der Waals surface area contributed by atoms with Gasteiger partial charge in [0.2, 0.25) is 0 Å². The van der Waals surface area contributed by atoms with Gasteiger partial charge in [0, 0.05) is 0 Å². The van der Waals surface area contributed by atoms with Crippen LogP contribution in [0.5, 0.6) is 0 Å². The van der Waals surface area contributed by atoms with Gasteiger partial charge in [-0.15, -0.1) is 0 Å². The molecule has 1 atom stereocenters. The molecule has 0 aliphatic carbocycles. The topological polar surface area (TPSA) is 60.4 Å². The van der Waals surface area contributed by atoms with Gasteiger partial charge < -0.3 is 15.0 Å². The molecule has 3 nitrogen and oxygen atoms in total. The van der Waals surface area contributed by atoms with E-state index in [4.69, 9.17) is 5.11 Å². The van der Waals surface area contributed by atoms with Crippen LogP contribution >= 0.6 is 0 Å². The van der Waals surface area contributed by atoms with E-state index < -0.39 is 12.1 Å². The predicted molar refractivity (Wildman–Crippen MR) is 30.5 cm³/mol. The average molecular weight is 170 g/mol. The summed E-state index contributed by atoms with van der Waals surface area (Å²) in [5.74, 6) is -1.19. The molecule has 0 saturated carbocycles. The van der Waals surface area contributed by atoms with Crippen LogP contribution in [0, 0.1) is 5.92 Å². The molecule has 0 fully saturated rings. The fraction of sp³-hybridized carbons (Fsp3) is 0.833. The second-order valence-electron chi connectivity index (χ2n) is 2.46. The third kappa shape index (κ3) is 7.18. The molecule has 0 bridgehead atoms. The van der Waals surface area contributed by atoms with E-state index in [1.54, 1.807) is 0 Å². The summed E-state index contributed by atoms with van der Waals surface area (Å²) in [6.07, 6.45) is -1.03. The molecule has 0 amide bonds. The SMILES string of the molecule is CC(C)C[C@H](O)C(=O)[O-].[K+]. The van der Waals surface area contributed by atoms with E-state index in [1.807, 2.05) is 13.8 Å². The molecule has 0 saturated heterocycles. The zero-order chi connectivity index (χ0) is 7.44. The van der Waals surface area contributed by atoms with Gasteiger partial charge in [0.1, 0.15) is 0 Å². The number of aliphatic hydroxyl groups excluding tert-OH is 1. The molecule has 0 aliphatic rings. The van der Waals surface area contributed by atoms with Crippen molar-refractivity contribution in [2.75, 3.05) is 0 Å². The molecular weight excluding hydrogens is 159 g/mol. The van der Waals surface area contributed by atoms with Gasteiger partial charge in [-0.25, -0.2) is 0 Å². The second-order valence-corrected chi connectivity index (χ2v) is 2.46. The van der Waals surface area contributed by atoms with Crippen LogP contribution in [0.2, 0.25) is 0 Å². The van der Waals surface area contributed by atoms with Crippen LogP contribution in [-0.4, -0.2) is 17.2 Å². The van der Waals surface area contributed by atoms with E-state index in [1.165, 1.54) is 0 Å².